The van der Waals surface area contributed by atoms with Gasteiger partial charge in [-0.3, -0.25) is 0 Å². The summed E-state index contributed by atoms with van der Waals surface area (Å²) in [6.07, 6.45) is 0. The minimum atomic E-state index is -4.61. The van der Waals surface area contributed by atoms with Crippen LogP contribution in [0.1, 0.15) is 4.28 Å². The quantitative estimate of drug-likeness (QED) is 0.298. The van der Waals surface area contributed by atoms with Crippen molar-refractivity contribution < 1.29 is 74.8 Å². The van der Waals surface area contributed by atoms with Gasteiger partial charge in [0.25, 0.3) is 0 Å². The molecule has 0 rings (SSSR count). The maximum atomic E-state index is 7.33. The van der Waals surface area contributed by atoms with Crippen LogP contribution in [0.3, 0.4) is 0 Å². The fourth-order valence-corrected chi connectivity index (χ4v) is 0. The fraction of sp³-hybridized carbons (Fsp3) is 0. The first-order valence-corrected chi connectivity index (χ1v) is 2.68. The molecule has 0 radical (unpaired) electrons. The molecule has 8 heavy (non-hydrogen) atoms. The van der Waals surface area contributed by atoms with E-state index in [0.717, 1.165) is 0 Å². The summed E-state index contributed by atoms with van der Waals surface area (Å²) in [5.41, 5.74) is 0. The minimum absolute atomic E-state index is 0. The average Bonchev–Trinajstić information content (AvgIpc) is 0.722. The van der Waals surface area contributed by atoms with Gasteiger partial charge in [0.2, 0.25) is 0 Å². The maximum absolute atomic E-state index is 7.33. The van der Waals surface area contributed by atoms with Crippen molar-refractivity contribution in [3.63, 3.8) is 0 Å². The molecule has 0 atom stereocenters. The van der Waals surface area contributed by atoms with Gasteiger partial charge in [-0.2, -0.15) is 0 Å². The van der Waals surface area contributed by atoms with Crippen LogP contribution in [0.4, 0.5) is 0 Å². The third-order valence-electron chi connectivity index (χ3n) is 0. The summed E-state index contributed by atoms with van der Waals surface area (Å²) in [6.45, 7) is 0. The molecule has 0 spiro atoms. The third-order valence-corrected chi connectivity index (χ3v) is 0. The standard InChI is InChI=1S/Al.Ca.K.H4O4Si.6H/c;;;1-5(2,3)4;;;;;;/h;;;1-4H;;;;;;/q;+2;+1;;;;;3*-1. The van der Waals surface area contributed by atoms with E-state index in [9.17, 15) is 0 Å². The van der Waals surface area contributed by atoms with E-state index < -0.39 is 9.05 Å². The molecule has 4 nitrogen and oxygen atoms in total. The second-order valence-electron chi connectivity index (χ2n) is 0.600. The molecule has 0 aromatic heterocycles. The van der Waals surface area contributed by atoms with Crippen LogP contribution in [-0.4, -0.2) is 83.3 Å². The van der Waals surface area contributed by atoms with Crippen molar-refractivity contribution in [2.75, 3.05) is 0 Å². The van der Waals surface area contributed by atoms with Crippen LogP contribution in [0.15, 0.2) is 0 Å². The number of hydrogen-bond donors (Lipinski definition) is 4. The molecular formula is H10AlCaKO4Si. The van der Waals surface area contributed by atoms with Gasteiger partial charge < -0.3 is 23.5 Å². The molecule has 0 aliphatic rings. The van der Waals surface area contributed by atoms with Crippen LogP contribution >= 0.6 is 0 Å². The molecule has 0 heterocycles. The van der Waals surface area contributed by atoms with Crippen molar-refractivity contribution >= 4 is 64.1 Å². The van der Waals surface area contributed by atoms with Crippen LogP contribution in [-0.2, 0) is 0 Å². The van der Waals surface area contributed by atoms with Crippen molar-refractivity contribution in [3.05, 3.63) is 0 Å². The molecule has 44 valence electrons. The summed E-state index contributed by atoms with van der Waals surface area (Å²) in [7, 11) is -4.61. The summed E-state index contributed by atoms with van der Waals surface area (Å²) in [6, 6.07) is 0. The van der Waals surface area contributed by atoms with Crippen molar-refractivity contribution in [2.24, 2.45) is 0 Å². The monoisotopic (exact) mass is 208 g/mol. The molecule has 0 aromatic rings. The maximum Gasteiger partial charge on any atom is 2.00 e. The molecule has 0 aromatic carbocycles. The molecule has 0 amide bonds. The fourth-order valence-electron chi connectivity index (χ4n) is 0. The minimum Gasteiger partial charge on any atom is -1.00 e. The molecule has 0 bridgehead atoms. The van der Waals surface area contributed by atoms with Gasteiger partial charge in [0.15, 0.2) is 17.4 Å². The van der Waals surface area contributed by atoms with Gasteiger partial charge in [-0.1, -0.05) is 0 Å². The summed E-state index contributed by atoms with van der Waals surface area (Å²) in [5, 5.41) is 0. The van der Waals surface area contributed by atoms with Gasteiger partial charge in [-0.05, 0) is 0 Å². The largest absolute Gasteiger partial charge is 2.00 e. The van der Waals surface area contributed by atoms with Crippen molar-refractivity contribution in [2.45, 2.75) is 0 Å². The first kappa shape index (κ1) is 22.5. The SMILES string of the molecule is O[Si](O)(O)O.[AlH3].[Ca+2].[H-].[H-].[H-].[K+]. The van der Waals surface area contributed by atoms with Crippen LogP contribution in [0, 0.1) is 0 Å². The van der Waals surface area contributed by atoms with Crippen molar-refractivity contribution in [3.8, 4) is 0 Å². The van der Waals surface area contributed by atoms with E-state index in [-0.39, 0.29) is 111 Å². The summed E-state index contributed by atoms with van der Waals surface area (Å²) in [5.74, 6) is 0. The van der Waals surface area contributed by atoms with E-state index in [1.54, 1.807) is 0 Å². The summed E-state index contributed by atoms with van der Waals surface area (Å²) < 4.78 is 0. The smallest absolute Gasteiger partial charge is 1.00 e. The summed E-state index contributed by atoms with van der Waals surface area (Å²) >= 11 is 0. The number of hydrogen-bond acceptors (Lipinski definition) is 4. The number of rotatable bonds is 0. The van der Waals surface area contributed by atoms with E-state index in [2.05, 4.69) is 0 Å². The molecular weight excluding hydrogens is 198 g/mol. The molecule has 0 saturated carbocycles. The van der Waals surface area contributed by atoms with Gasteiger partial charge in [0.1, 0.15) is 0 Å². The zero-order valence-electron chi connectivity index (χ0n) is 7.00. The van der Waals surface area contributed by atoms with E-state index in [4.69, 9.17) is 19.2 Å². The topological polar surface area (TPSA) is 80.9 Å². The van der Waals surface area contributed by atoms with E-state index >= 15 is 0 Å². The van der Waals surface area contributed by atoms with Crippen molar-refractivity contribution in [1.82, 2.24) is 0 Å². The van der Waals surface area contributed by atoms with Crippen molar-refractivity contribution in [1.29, 1.82) is 0 Å². The third kappa shape index (κ3) is 56.2. The predicted molar refractivity (Wildman–Crippen MR) is 33.7 cm³/mol. The zero-order chi connectivity index (χ0) is 4.50. The first-order chi connectivity index (χ1) is 2.00. The van der Waals surface area contributed by atoms with Crippen LogP contribution in [0.2, 0.25) is 0 Å². The van der Waals surface area contributed by atoms with E-state index in [1.807, 2.05) is 0 Å². The van der Waals surface area contributed by atoms with Gasteiger partial charge >= 0.3 is 98.2 Å². The molecule has 0 saturated heterocycles. The molecule has 0 aliphatic carbocycles. The molecule has 0 unspecified atom stereocenters. The first-order valence-electron chi connectivity index (χ1n) is 0.894. The van der Waals surface area contributed by atoms with E-state index in [0.29, 0.717) is 0 Å². The average molecular weight is 208 g/mol. The van der Waals surface area contributed by atoms with E-state index in [1.165, 1.54) is 0 Å². The Kier molecular flexibility index (Phi) is 29.5. The molecule has 8 heteroatoms. The second kappa shape index (κ2) is 10.5. The van der Waals surface area contributed by atoms with Gasteiger partial charge in [-0.25, -0.2) is 0 Å². The Balaban J connectivity index is -0.00000000533. The van der Waals surface area contributed by atoms with Crippen LogP contribution < -0.4 is 51.4 Å². The summed E-state index contributed by atoms with van der Waals surface area (Å²) in [4.78, 5) is 29.3. The van der Waals surface area contributed by atoms with Gasteiger partial charge in [0.05, 0.1) is 0 Å². The van der Waals surface area contributed by atoms with Crippen LogP contribution in [0.25, 0.3) is 0 Å². The Morgan fingerprint density at radius 2 is 1.00 bits per heavy atom. The van der Waals surface area contributed by atoms with Gasteiger partial charge in [-0.15, -0.1) is 0 Å². The Morgan fingerprint density at radius 3 is 1.00 bits per heavy atom. The second-order valence-corrected chi connectivity index (χ2v) is 1.80. The molecule has 0 aliphatic heterocycles. The Hall–Kier alpha value is 3.49. The molecule has 0 fully saturated rings. The van der Waals surface area contributed by atoms with Gasteiger partial charge in [0, 0.05) is 0 Å². The normalized spacial score (nSPS) is 7.50. The zero-order valence-corrected chi connectivity index (χ0v) is 10.3. The predicted octanol–water partition coefficient (Wildman–Crippen LogP) is -6.83. The Labute approximate surface area is 136 Å². The van der Waals surface area contributed by atoms with Crippen LogP contribution in [0.5, 0.6) is 0 Å². The molecule has 4 N–H and O–H groups in total. The Morgan fingerprint density at radius 1 is 1.00 bits per heavy atom. The Bertz CT molecular complexity index is 40.8.